The Balaban J connectivity index is 1.87. The molecule has 0 N–H and O–H groups in total. The van der Waals surface area contributed by atoms with Crippen molar-refractivity contribution in [2.24, 2.45) is 0 Å². The van der Waals surface area contributed by atoms with Gasteiger partial charge in [-0.15, -0.1) is 0 Å². The molecule has 0 fully saturated rings. The SMILES string of the molecule is CCCCCCCCc1ccccc1OC(C)OC(=O)C(C)[N+](C)(C)Cc1ccccc1. The molecule has 4 nitrogen and oxygen atoms in total. The Morgan fingerprint density at radius 1 is 0.875 bits per heavy atom. The summed E-state index contributed by atoms with van der Waals surface area (Å²) in [4.78, 5) is 12.8. The van der Waals surface area contributed by atoms with Crippen molar-refractivity contribution in [3.05, 3.63) is 65.7 Å². The summed E-state index contributed by atoms with van der Waals surface area (Å²) in [5.74, 6) is 0.568. The minimum Gasteiger partial charge on any atom is -0.455 e. The number of carbonyl (C=O) groups is 1. The fourth-order valence-corrected chi connectivity index (χ4v) is 3.86. The van der Waals surface area contributed by atoms with Gasteiger partial charge >= 0.3 is 5.97 Å². The van der Waals surface area contributed by atoms with Gasteiger partial charge < -0.3 is 14.0 Å². The van der Waals surface area contributed by atoms with E-state index in [1.807, 2.05) is 43.3 Å². The number of quaternary nitrogens is 1. The lowest BCUT2D eigenvalue weighted by Crippen LogP contribution is -2.51. The molecule has 0 spiro atoms. The Kier molecular flexibility index (Phi) is 10.8. The molecule has 2 unspecified atom stereocenters. The van der Waals surface area contributed by atoms with E-state index in [0.717, 1.165) is 25.1 Å². The van der Waals surface area contributed by atoms with Crippen LogP contribution in [0.3, 0.4) is 0 Å². The second-order valence-corrected chi connectivity index (χ2v) is 9.35. The fourth-order valence-electron chi connectivity index (χ4n) is 3.86. The van der Waals surface area contributed by atoms with Crippen LogP contribution in [-0.2, 0) is 22.5 Å². The maximum atomic E-state index is 12.8. The molecule has 2 aromatic rings. The van der Waals surface area contributed by atoms with Crippen molar-refractivity contribution < 1.29 is 18.8 Å². The van der Waals surface area contributed by atoms with Crippen molar-refractivity contribution in [3.63, 3.8) is 0 Å². The van der Waals surface area contributed by atoms with E-state index in [9.17, 15) is 4.79 Å². The summed E-state index contributed by atoms with van der Waals surface area (Å²) >= 11 is 0. The Bertz CT molecular complexity index is 803. The number of hydrogen-bond donors (Lipinski definition) is 0. The number of likely N-dealkylation sites (N-methyl/N-ethyl adjacent to an activating group) is 1. The smallest absolute Gasteiger partial charge is 0.367 e. The van der Waals surface area contributed by atoms with Gasteiger partial charge in [-0.1, -0.05) is 87.6 Å². The zero-order valence-electron chi connectivity index (χ0n) is 20.7. The van der Waals surface area contributed by atoms with Crippen LogP contribution in [0.2, 0.25) is 0 Å². The summed E-state index contributed by atoms with van der Waals surface area (Å²) in [6.45, 7) is 6.72. The van der Waals surface area contributed by atoms with E-state index in [0.29, 0.717) is 4.48 Å². The molecule has 0 aromatic heterocycles. The van der Waals surface area contributed by atoms with Gasteiger partial charge in [0.15, 0.2) is 6.04 Å². The summed E-state index contributed by atoms with van der Waals surface area (Å²) < 4.78 is 12.2. The first-order chi connectivity index (χ1) is 15.3. The third-order valence-corrected chi connectivity index (χ3v) is 6.17. The second kappa shape index (κ2) is 13.3. The molecular weight excluding hydrogens is 398 g/mol. The van der Waals surface area contributed by atoms with Crippen molar-refractivity contribution in [3.8, 4) is 5.75 Å². The third kappa shape index (κ3) is 8.66. The molecule has 0 radical (unpaired) electrons. The highest BCUT2D eigenvalue weighted by molar-refractivity contribution is 5.74. The summed E-state index contributed by atoms with van der Waals surface area (Å²) in [7, 11) is 4.11. The highest BCUT2D eigenvalue weighted by Gasteiger charge is 2.33. The number of esters is 1. The zero-order chi connectivity index (χ0) is 23.4. The van der Waals surface area contributed by atoms with Crippen LogP contribution >= 0.6 is 0 Å². The van der Waals surface area contributed by atoms with Gasteiger partial charge in [0.05, 0.1) is 14.1 Å². The highest BCUT2D eigenvalue weighted by atomic mass is 16.7. The van der Waals surface area contributed by atoms with E-state index < -0.39 is 6.29 Å². The molecule has 2 aromatic carbocycles. The van der Waals surface area contributed by atoms with E-state index in [4.69, 9.17) is 9.47 Å². The number of benzene rings is 2. The van der Waals surface area contributed by atoms with Crippen LogP contribution in [0.15, 0.2) is 54.6 Å². The number of hydrogen-bond acceptors (Lipinski definition) is 3. The predicted octanol–water partition coefficient (Wildman–Crippen LogP) is 6.52. The first kappa shape index (κ1) is 25.9. The number of carbonyl (C=O) groups excluding carboxylic acids is 1. The minimum atomic E-state index is -0.632. The number of aryl methyl sites for hydroxylation is 1. The molecule has 0 aliphatic rings. The largest absolute Gasteiger partial charge is 0.455 e. The number of nitrogens with zero attached hydrogens (tertiary/aromatic N) is 1. The summed E-state index contributed by atoms with van der Waals surface area (Å²) in [5, 5.41) is 0. The van der Waals surface area contributed by atoms with Crippen LogP contribution in [0.1, 0.15) is 70.4 Å². The van der Waals surface area contributed by atoms with Crippen LogP contribution < -0.4 is 4.74 Å². The molecule has 2 rings (SSSR count). The number of ether oxygens (including phenoxy) is 2. The van der Waals surface area contributed by atoms with Gasteiger partial charge in [0.2, 0.25) is 6.29 Å². The first-order valence-electron chi connectivity index (χ1n) is 12.1. The predicted molar refractivity (Wildman–Crippen MR) is 131 cm³/mol. The topological polar surface area (TPSA) is 35.5 Å². The van der Waals surface area contributed by atoms with Crippen LogP contribution in [-0.4, -0.2) is 36.9 Å². The maximum absolute atomic E-state index is 12.8. The Labute approximate surface area is 195 Å². The molecule has 2 atom stereocenters. The van der Waals surface area contributed by atoms with Crippen LogP contribution in [0, 0.1) is 0 Å². The summed E-state index contributed by atoms with van der Waals surface area (Å²) in [5.41, 5.74) is 2.38. The van der Waals surface area contributed by atoms with Crippen LogP contribution in [0.5, 0.6) is 5.75 Å². The van der Waals surface area contributed by atoms with E-state index in [-0.39, 0.29) is 12.0 Å². The molecule has 0 saturated carbocycles. The highest BCUT2D eigenvalue weighted by Crippen LogP contribution is 2.23. The molecule has 32 heavy (non-hydrogen) atoms. The molecule has 4 heteroatoms. The summed E-state index contributed by atoms with van der Waals surface area (Å²) in [6.07, 6.45) is 7.95. The van der Waals surface area contributed by atoms with Crippen molar-refractivity contribution in [2.75, 3.05) is 14.1 Å². The lowest BCUT2D eigenvalue weighted by molar-refractivity contribution is -0.917. The fraction of sp³-hybridized carbons (Fsp3) is 0.536. The zero-order valence-corrected chi connectivity index (χ0v) is 20.7. The molecule has 176 valence electrons. The van der Waals surface area contributed by atoms with Gasteiger partial charge in [0.1, 0.15) is 12.3 Å². The van der Waals surface area contributed by atoms with Crippen molar-refractivity contribution in [1.29, 1.82) is 0 Å². The Morgan fingerprint density at radius 2 is 1.50 bits per heavy atom. The lowest BCUT2D eigenvalue weighted by Gasteiger charge is -2.35. The maximum Gasteiger partial charge on any atom is 0.367 e. The standard InChI is InChI=1S/C28H42NO3/c1-6-7-8-9-10-14-19-26-20-15-16-21-27(26)31-24(3)32-28(30)23(2)29(4,5)22-25-17-12-11-13-18-25/h11-13,15-18,20-21,23-24H,6-10,14,19,22H2,1-5H3/q+1. The van der Waals surface area contributed by atoms with Crippen molar-refractivity contribution in [1.82, 2.24) is 0 Å². The van der Waals surface area contributed by atoms with Gasteiger partial charge in [0.25, 0.3) is 0 Å². The number of unbranched alkanes of at least 4 members (excludes halogenated alkanes) is 5. The Hall–Kier alpha value is -2.33. The molecule has 0 saturated heterocycles. The second-order valence-electron chi connectivity index (χ2n) is 9.35. The minimum absolute atomic E-state index is 0.244. The van der Waals surface area contributed by atoms with Gasteiger partial charge in [-0.2, -0.15) is 0 Å². The molecule has 0 heterocycles. The average Bonchev–Trinajstić information content (AvgIpc) is 2.77. The molecule has 0 amide bonds. The van der Waals surface area contributed by atoms with E-state index >= 15 is 0 Å². The average molecular weight is 441 g/mol. The lowest BCUT2D eigenvalue weighted by atomic mass is 10.0. The first-order valence-corrected chi connectivity index (χ1v) is 12.1. The number of rotatable bonds is 14. The van der Waals surface area contributed by atoms with Crippen molar-refractivity contribution >= 4 is 5.97 Å². The van der Waals surface area contributed by atoms with Gasteiger partial charge in [-0.3, -0.25) is 0 Å². The van der Waals surface area contributed by atoms with Gasteiger partial charge in [-0.25, -0.2) is 4.79 Å². The monoisotopic (exact) mass is 440 g/mol. The molecular formula is C28H42NO3+. The summed E-state index contributed by atoms with van der Waals surface area (Å²) in [6, 6.07) is 18.0. The normalized spacial score (nSPS) is 13.4. The number of para-hydroxylation sites is 1. The Morgan fingerprint density at radius 3 is 2.22 bits per heavy atom. The van der Waals surface area contributed by atoms with Gasteiger partial charge in [0, 0.05) is 12.5 Å². The molecule has 0 aliphatic carbocycles. The van der Waals surface area contributed by atoms with E-state index in [2.05, 4.69) is 39.2 Å². The third-order valence-electron chi connectivity index (χ3n) is 6.17. The van der Waals surface area contributed by atoms with Crippen molar-refractivity contribution in [2.45, 2.75) is 84.6 Å². The molecule has 0 bridgehead atoms. The molecule has 0 aliphatic heterocycles. The van der Waals surface area contributed by atoms with E-state index in [1.165, 1.54) is 43.2 Å². The van der Waals surface area contributed by atoms with Gasteiger partial charge in [-0.05, 0) is 31.4 Å². The van der Waals surface area contributed by atoms with E-state index in [1.54, 1.807) is 6.92 Å². The van der Waals surface area contributed by atoms with Crippen LogP contribution in [0.4, 0.5) is 0 Å². The van der Waals surface area contributed by atoms with Crippen LogP contribution in [0.25, 0.3) is 0 Å². The quantitative estimate of drug-likeness (QED) is 0.145.